The second-order valence-electron chi connectivity index (χ2n) is 9.14. The summed E-state index contributed by atoms with van der Waals surface area (Å²) in [5.74, 6) is 0.929. The Kier molecular flexibility index (Phi) is 11.1. The van der Waals surface area contributed by atoms with Crippen LogP contribution in [-0.4, -0.2) is 35.1 Å². The van der Waals surface area contributed by atoms with Crippen LogP contribution >= 0.6 is 27.7 Å². The molecule has 0 saturated heterocycles. The largest absolute Gasteiger partial charge is 0.354 e. The van der Waals surface area contributed by atoms with Gasteiger partial charge in [-0.05, 0) is 49.1 Å². The maximum atomic E-state index is 13.7. The van der Waals surface area contributed by atoms with Gasteiger partial charge in [0.1, 0.15) is 6.04 Å². The van der Waals surface area contributed by atoms with E-state index in [-0.39, 0.29) is 11.8 Å². The van der Waals surface area contributed by atoms with Crippen molar-refractivity contribution in [2.24, 2.45) is 0 Å². The standard InChI is InChI=1S/C30H35BrN2O2S/c1-4-13-32-30(35)28(18-24-9-6-5-7-10-24)33(19-25-11-8-12-27(31)17-25)29(34)21-36-20-26-15-22(2)14-23(3)16-26/h5-12,14-17,28H,4,13,18-21H2,1-3H3,(H,32,35)/t28-/m1/s1. The number of benzene rings is 3. The molecular weight excluding hydrogens is 532 g/mol. The van der Waals surface area contributed by atoms with Gasteiger partial charge in [-0.25, -0.2) is 0 Å². The summed E-state index contributed by atoms with van der Waals surface area (Å²) in [7, 11) is 0. The van der Waals surface area contributed by atoms with Gasteiger partial charge in [-0.2, -0.15) is 0 Å². The first-order valence-corrected chi connectivity index (χ1v) is 14.3. The van der Waals surface area contributed by atoms with Crippen molar-refractivity contribution in [1.29, 1.82) is 0 Å². The number of nitrogens with zero attached hydrogens (tertiary/aromatic N) is 1. The van der Waals surface area contributed by atoms with Gasteiger partial charge in [-0.3, -0.25) is 9.59 Å². The third-order valence-electron chi connectivity index (χ3n) is 5.84. The summed E-state index contributed by atoms with van der Waals surface area (Å²) in [4.78, 5) is 28.8. The van der Waals surface area contributed by atoms with E-state index in [0.717, 1.165) is 27.8 Å². The van der Waals surface area contributed by atoms with E-state index in [1.54, 1.807) is 16.7 Å². The number of thioether (sulfide) groups is 1. The fourth-order valence-electron chi connectivity index (χ4n) is 4.24. The minimum absolute atomic E-state index is 0.0306. The van der Waals surface area contributed by atoms with E-state index in [0.29, 0.717) is 25.3 Å². The van der Waals surface area contributed by atoms with E-state index in [9.17, 15) is 9.59 Å². The van der Waals surface area contributed by atoms with Crippen molar-refractivity contribution in [3.05, 3.63) is 105 Å². The molecule has 4 nitrogen and oxygen atoms in total. The van der Waals surface area contributed by atoms with E-state index >= 15 is 0 Å². The van der Waals surface area contributed by atoms with Crippen molar-refractivity contribution in [3.63, 3.8) is 0 Å². The van der Waals surface area contributed by atoms with Gasteiger partial charge >= 0.3 is 0 Å². The molecule has 0 radical (unpaired) electrons. The van der Waals surface area contributed by atoms with Crippen molar-refractivity contribution in [2.75, 3.05) is 12.3 Å². The zero-order valence-electron chi connectivity index (χ0n) is 21.3. The van der Waals surface area contributed by atoms with Crippen LogP contribution in [0.3, 0.4) is 0 Å². The third kappa shape index (κ3) is 8.82. The Morgan fingerprint density at radius 1 is 0.917 bits per heavy atom. The van der Waals surface area contributed by atoms with Crippen molar-refractivity contribution in [3.8, 4) is 0 Å². The molecular formula is C30H35BrN2O2S. The number of aryl methyl sites for hydroxylation is 2. The second-order valence-corrected chi connectivity index (χ2v) is 11.0. The first kappa shape index (κ1) is 28.0. The van der Waals surface area contributed by atoms with Crippen LogP contribution in [0.1, 0.15) is 41.2 Å². The van der Waals surface area contributed by atoms with Crippen molar-refractivity contribution in [2.45, 2.75) is 52.0 Å². The second kappa shape index (κ2) is 14.2. The van der Waals surface area contributed by atoms with E-state index in [1.165, 1.54) is 16.7 Å². The number of carbonyl (C=O) groups is 2. The molecule has 0 spiro atoms. The van der Waals surface area contributed by atoms with Crippen LogP contribution in [-0.2, 0) is 28.3 Å². The quantitative estimate of drug-likeness (QED) is 0.273. The molecule has 36 heavy (non-hydrogen) atoms. The zero-order chi connectivity index (χ0) is 25.9. The fourth-order valence-corrected chi connectivity index (χ4v) is 5.53. The molecule has 0 saturated carbocycles. The summed E-state index contributed by atoms with van der Waals surface area (Å²) < 4.78 is 0.951. The number of nitrogens with one attached hydrogen (secondary N) is 1. The molecule has 0 aliphatic carbocycles. The minimum Gasteiger partial charge on any atom is -0.354 e. The maximum absolute atomic E-state index is 13.7. The van der Waals surface area contributed by atoms with Crippen LogP contribution in [0.15, 0.2) is 77.3 Å². The lowest BCUT2D eigenvalue weighted by atomic mass is 10.0. The van der Waals surface area contributed by atoms with E-state index in [1.807, 2.05) is 61.5 Å². The summed E-state index contributed by atoms with van der Waals surface area (Å²) in [6, 6.07) is 23.7. The van der Waals surface area contributed by atoms with E-state index in [2.05, 4.69) is 53.3 Å². The maximum Gasteiger partial charge on any atom is 0.243 e. The van der Waals surface area contributed by atoms with Crippen LogP contribution in [0.4, 0.5) is 0 Å². The summed E-state index contributed by atoms with van der Waals surface area (Å²) in [5.41, 5.74) is 5.68. The van der Waals surface area contributed by atoms with Gasteiger partial charge in [-0.1, -0.05) is 94.6 Å². The monoisotopic (exact) mass is 566 g/mol. The predicted molar refractivity (Wildman–Crippen MR) is 154 cm³/mol. The highest BCUT2D eigenvalue weighted by Crippen LogP contribution is 2.21. The van der Waals surface area contributed by atoms with E-state index in [4.69, 9.17) is 0 Å². The Balaban J connectivity index is 1.83. The van der Waals surface area contributed by atoms with Crippen molar-refractivity contribution >= 4 is 39.5 Å². The average Bonchev–Trinajstić information content (AvgIpc) is 2.84. The lowest BCUT2D eigenvalue weighted by Gasteiger charge is -2.31. The van der Waals surface area contributed by atoms with Crippen LogP contribution < -0.4 is 5.32 Å². The number of hydrogen-bond acceptors (Lipinski definition) is 3. The molecule has 6 heteroatoms. The highest BCUT2D eigenvalue weighted by Gasteiger charge is 2.30. The van der Waals surface area contributed by atoms with Crippen LogP contribution in [0.5, 0.6) is 0 Å². The Bertz CT molecular complexity index is 1130. The molecule has 1 N–H and O–H groups in total. The van der Waals surface area contributed by atoms with Crippen molar-refractivity contribution in [1.82, 2.24) is 10.2 Å². The molecule has 3 rings (SSSR count). The lowest BCUT2D eigenvalue weighted by Crippen LogP contribution is -2.51. The first-order chi connectivity index (χ1) is 17.4. The number of hydrogen-bond donors (Lipinski definition) is 1. The topological polar surface area (TPSA) is 49.4 Å². The molecule has 0 fully saturated rings. The molecule has 3 aromatic carbocycles. The molecule has 0 aromatic heterocycles. The smallest absolute Gasteiger partial charge is 0.243 e. The number of amides is 2. The number of halogens is 1. The van der Waals surface area contributed by atoms with Gasteiger partial charge in [0.2, 0.25) is 11.8 Å². The van der Waals surface area contributed by atoms with Gasteiger partial charge in [-0.15, -0.1) is 11.8 Å². The SMILES string of the molecule is CCCNC(=O)[C@@H](Cc1ccccc1)N(Cc1cccc(Br)c1)C(=O)CSCc1cc(C)cc(C)c1. The molecule has 3 aromatic rings. The number of rotatable bonds is 12. The Morgan fingerprint density at radius 2 is 1.61 bits per heavy atom. The first-order valence-electron chi connectivity index (χ1n) is 12.4. The molecule has 0 heterocycles. The van der Waals surface area contributed by atoms with Crippen LogP contribution in [0, 0.1) is 13.8 Å². The Morgan fingerprint density at radius 3 is 2.28 bits per heavy atom. The van der Waals surface area contributed by atoms with Crippen LogP contribution in [0.2, 0.25) is 0 Å². The minimum atomic E-state index is -0.591. The zero-order valence-corrected chi connectivity index (χ0v) is 23.7. The van der Waals surface area contributed by atoms with Gasteiger partial charge in [0.05, 0.1) is 5.75 Å². The summed E-state index contributed by atoms with van der Waals surface area (Å²) >= 11 is 5.13. The Labute approximate surface area is 228 Å². The molecule has 0 bridgehead atoms. The van der Waals surface area contributed by atoms with Gasteiger partial charge in [0.25, 0.3) is 0 Å². The molecule has 1 atom stereocenters. The number of carbonyl (C=O) groups excluding carboxylic acids is 2. The average molecular weight is 568 g/mol. The summed E-state index contributed by atoms with van der Waals surface area (Å²) in [6.45, 7) is 7.18. The van der Waals surface area contributed by atoms with Gasteiger partial charge in [0.15, 0.2) is 0 Å². The molecule has 0 aliphatic heterocycles. The van der Waals surface area contributed by atoms with Gasteiger partial charge < -0.3 is 10.2 Å². The van der Waals surface area contributed by atoms with Crippen molar-refractivity contribution < 1.29 is 9.59 Å². The molecule has 0 aliphatic rings. The van der Waals surface area contributed by atoms with Gasteiger partial charge in [0, 0.05) is 29.7 Å². The normalized spacial score (nSPS) is 11.7. The molecule has 2 amide bonds. The summed E-state index contributed by atoms with van der Waals surface area (Å²) in [6.07, 6.45) is 1.31. The lowest BCUT2D eigenvalue weighted by molar-refractivity contribution is -0.139. The third-order valence-corrected chi connectivity index (χ3v) is 7.32. The van der Waals surface area contributed by atoms with Crippen LogP contribution in [0.25, 0.3) is 0 Å². The van der Waals surface area contributed by atoms with E-state index < -0.39 is 6.04 Å². The predicted octanol–water partition coefficient (Wildman–Crippen LogP) is 6.47. The fraction of sp³-hybridized carbons (Fsp3) is 0.333. The molecule has 190 valence electrons. The Hall–Kier alpha value is -2.57. The highest BCUT2D eigenvalue weighted by atomic mass is 79.9. The molecule has 0 unspecified atom stereocenters. The highest BCUT2D eigenvalue weighted by molar-refractivity contribution is 9.10. The summed E-state index contributed by atoms with van der Waals surface area (Å²) in [5, 5.41) is 3.03.